The number of carbonyl (C=O) groups excluding carboxylic acids is 1. The lowest BCUT2D eigenvalue weighted by Gasteiger charge is -2.20. The Kier molecular flexibility index (Phi) is 4.88. The van der Waals surface area contributed by atoms with Crippen LogP contribution >= 0.6 is 11.6 Å². The highest BCUT2D eigenvalue weighted by Gasteiger charge is 2.20. The summed E-state index contributed by atoms with van der Waals surface area (Å²) in [5.74, 6) is -0.813. The van der Waals surface area contributed by atoms with Crippen molar-refractivity contribution in [2.24, 2.45) is 0 Å². The highest BCUT2D eigenvalue weighted by molar-refractivity contribution is 6.32. The maximum atomic E-state index is 12.9. The van der Waals surface area contributed by atoms with Gasteiger partial charge in [-0.3, -0.25) is 4.79 Å². The van der Waals surface area contributed by atoms with Crippen LogP contribution in [-0.4, -0.2) is 22.0 Å². The van der Waals surface area contributed by atoms with Gasteiger partial charge in [0.2, 0.25) is 0 Å². The first-order valence-electron chi connectivity index (χ1n) is 6.34. The molecule has 110 valence electrons. The minimum atomic E-state index is -0.954. The van der Waals surface area contributed by atoms with Gasteiger partial charge in [-0.1, -0.05) is 23.7 Å². The van der Waals surface area contributed by atoms with Gasteiger partial charge in [0.05, 0.1) is 17.7 Å². The van der Waals surface area contributed by atoms with E-state index in [0.717, 1.165) is 0 Å². The fourth-order valence-electron chi connectivity index (χ4n) is 1.87. The number of rotatable bonds is 4. The van der Waals surface area contributed by atoms with Gasteiger partial charge >= 0.3 is 0 Å². The quantitative estimate of drug-likeness (QED) is 0.854. The number of hydrogen-bond donors (Lipinski definition) is 2. The molecule has 1 amide bonds. The average molecular weight is 309 g/mol. The molecule has 1 aromatic heterocycles. The van der Waals surface area contributed by atoms with Gasteiger partial charge < -0.3 is 10.4 Å². The van der Waals surface area contributed by atoms with E-state index >= 15 is 0 Å². The molecule has 0 aliphatic rings. The van der Waals surface area contributed by atoms with Crippen LogP contribution in [0.3, 0.4) is 0 Å². The fraction of sp³-hybridized carbons (Fsp3) is 0.200. The molecule has 0 fully saturated rings. The molecule has 0 bridgehead atoms. The van der Waals surface area contributed by atoms with Crippen molar-refractivity contribution in [1.82, 2.24) is 10.3 Å². The normalized spacial score (nSPS) is 13.5. The zero-order valence-corrected chi connectivity index (χ0v) is 12.0. The van der Waals surface area contributed by atoms with Crippen LogP contribution in [0.4, 0.5) is 4.39 Å². The highest BCUT2D eigenvalue weighted by Crippen LogP contribution is 2.18. The lowest BCUT2D eigenvalue weighted by molar-refractivity contribution is 0.0851. The van der Waals surface area contributed by atoms with Crippen LogP contribution in [0, 0.1) is 5.82 Å². The minimum absolute atomic E-state index is 0.0958. The van der Waals surface area contributed by atoms with E-state index < -0.39 is 18.1 Å². The minimum Gasteiger partial charge on any atom is -0.386 e. The van der Waals surface area contributed by atoms with Gasteiger partial charge in [-0.2, -0.15) is 0 Å². The number of pyridine rings is 1. The molecular formula is C15H14ClFN2O2. The zero-order chi connectivity index (χ0) is 15.4. The van der Waals surface area contributed by atoms with Crippen LogP contribution in [0.15, 0.2) is 42.6 Å². The van der Waals surface area contributed by atoms with Crippen molar-refractivity contribution in [1.29, 1.82) is 0 Å². The molecule has 0 aliphatic heterocycles. The number of aromatic nitrogens is 1. The predicted molar refractivity (Wildman–Crippen MR) is 77.5 cm³/mol. The molecule has 1 heterocycles. The van der Waals surface area contributed by atoms with Crippen molar-refractivity contribution in [3.05, 3.63) is 64.7 Å². The van der Waals surface area contributed by atoms with E-state index in [1.807, 2.05) is 0 Å². The van der Waals surface area contributed by atoms with E-state index in [1.165, 1.54) is 30.5 Å². The molecule has 4 nitrogen and oxygen atoms in total. The second-order valence-electron chi connectivity index (χ2n) is 4.60. The topological polar surface area (TPSA) is 62.2 Å². The van der Waals surface area contributed by atoms with Crippen LogP contribution < -0.4 is 5.32 Å². The number of aliphatic hydroxyl groups is 1. The number of nitrogens with zero attached hydrogens (tertiary/aromatic N) is 1. The molecular weight excluding hydrogens is 295 g/mol. The maximum absolute atomic E-state index is 12.9. The predicted octanol–water partition coefficient (Wildman–Crippen LogP) is 2.73. The first-order chi connectivity index (χ1) is 9.99. The summed E-state index contributed by atoms with van der Waals surface area (Å²) in [4.78, 5) is 15.9. The standard InChI is InChI=1S/C15H14ClFN2O2/c1-9(13(20)10-4-6-11(17)7-5-10)19-15(21)12-3-2-8-18-14(12)16/h2-9,13,20H,1H3,(H,19,21). The Morgan fingerprint density at radius 2 is 2.00 bits per heavy atom. The number of hydrogen-bond acceptors (Lipinski definition) is 3. The first-order valence-corrected chi connectivity index (χ1v) is 6.71. The molecule has 0 aliphatic carbocycles. The van der Waals surface area contributed by atoms with Gasteiger partial charge in [0.1, 0.15) is 11.0 Å². The number of amides is 1. The van der Waals surface area contributed by atoms with E-state index in [1.54, 1.807) is 19.1 Å². The van der Waals surface area contributed by atoms with Crippen molar-refractivity contribution < 1.29 is 14.3 Å². The molecule has 2 rings (SSSR count). The summed E-state index contributed by atoms with van der Waals surface area (Å²) in [6, 6.07) is 8.03. The summed E-state index contributed by atoms with van der Waals surface area (Å²) in [7, 11) is 0. The molecule has 2 aromatic rings. The number of aliphatic hydroxyl groups excluding tert-OH is 1. The van der Waals surface area contributed by atoms with E-state index in [2.05, 4.69) is 10.3 Å². The Hall–Kier alpha value is -1.98. The van der Waals surface area contributed by atoms with Crippen molar-refractivity contribution in [2.45, 2.75) is 19.1 Å². The molecule has 6 heteroatoms. The van der Waals surface area contributed by atoms with Crippen LogP contribution in [0.25, 0.3) is 0 Å². The molecule has 2 N–H and O–H groups in total. The van der Waals surface area contributed by atoms with Crippen molar-refractivity contribution in [3.8, 4) is 0 Å². The molecule has 0 saturated heterocycles. The van der Waals surface area contributed by atoms with Gasteiger partial charge in [0, 0.05) is 6.20 Å². The average Bonchev–Trinajstić information content (AvgIpc) is 2.47. The molecule has 21 heavy (non-hydrogen) atoms. The highest BCUT2D eigenvalue weighted by atomic mass is 35.5. The van der Waals surface area contributed by atoms with Crippen LogP contribution in [0.5, 0.6) is 0 Å². The van der Waals surface area contributed by atoms with Gasteiger partial charge in [-0.25, -0.2) is 9.37 Å². The summed E-state index contributed by atoms with van der Waals surface area (Å²) in [5.41, 5.74) is 0.749. The lowest BCUT2D eigenvalue weighted by Crippen LogP contribution is -2.37. The van der Waals surface area contributed by atoms with Crippen LogP contribution in [0.2, 0.25) is 5.15 Å². The third-order valence-electron chi connectivity index (χ3n) is 3.05. The molecule has 2 atom stereocenters. The molecule has 2 unspecified atom stereocenters. The zero-order valence-electron chi connectivity index (χ0n) is 11.3. The Morgan fingerprint density at radius 1 is 1.33 bits per heavy atom. The molecule has 0 radical (unpaired) electrons. The van der Waals surface area contributed by atoms with Crippen LogP contribution in [-0.2, 0) is 0 Å². The van der Waals surface area contributed by atoms with E-state index in [0.29, 0.717) is 5.56 Å². The third-order valence-corrected chi connectivity index (χ3v) is 3.35. The fourth-order valence-corrected chi connectivity index (χ4v) is 2.07. The second kappa shape index (κ2) is 6.65. The SMILES string of the molecule is CC(NC(=O)c1cccnc1Cl)C(O)c1ccc(F)cc1. The summed E-state index contributed by atoms with van der Waals surface area (Å²) < 4.78 is 12.9. The molecule has 0 spiro atoms. The van der Waals surface area contributed by atoms with Gasteiger partial charge in [0.15, 0.2) is 0 Å². The summed E-state index contributed by atoms with van der Waals surface area (Å²) >= 11 is 5.84. The molecule has 1 aromatic carbocycles. The Morgan fingerprint density at radius 3 is 2.62 bits per heavy atom. The third kappa shape index (κ3) is 3.77. The van der Waals surface area contributed by atoms with Crippen molar-refractivity contribution in [2.75, 3.05) is 0 Å². The van der Waals surface area contributed by atoms with Gasteiger partial charge in [-0.15, -0.1) is 0 Å². The largest absolute Gasteiger partial charge is 0.386 e. The Bertz CT molecular complexity index is 634. The summed E-state index contributed by atoms with van der Waals surface area (Å²) in [6.45, 7) is 1.65. The monoisotopic (exact) mass is 308 g/mol. The number of nitrogens with one attached hydrogen (secondary N) is 1. The first kappa shape index (κ1) is 15.4. The van der Waals surface area contributed by atoms with E-state index in [4.69, 9.17) is 11.6 Å². The maximum Gasteiger partial charge on any atom is 0.254 e. The van der Waals surface area contributed by atoms with Crippen molar-refractivity contribution in [3.63, 3.8) is 0 Å². The molecule has 0 saturated carbocycles. The summed E-state index contributed by atoms with van der Waals surface area (Å²) in [6.07, 6.45) is 0.528. The van der Waals surface area contributed by atoms with Crippen LogP contribution in [0.1, 0.15) is 28.9 Å². The lowest BCUT2D eigenvalue weighted by atomic mass is 10.0. The Balaban J connectivity index is 2.07. The number of benzene rings is 1. The van der Waals surface area contributed by atoms with E-state index in [-0.39, 0.29) is 16.5 Å². The van der Waals surface area contributed by atoms with Gasteiger partial charge in [-0.05, 0) is 36.8 Å². The summed E-state index contributed by atoms with van der Waals surface area (Å²) in [5, 5.41) is 12.9. The van der Waals surface area contributed by atoms with E-state index in [9.17, 15) is 14.3 Å². The Labute approximate surface area is 126 Å². The smallest absolute Gasteiger partial charge is 0.254 e. The van der Waals surface area contributed by atoms with Gasteiger partial charge in [0.25, 0.3) is 5.91 Å². The number of halogens is 2. The van der Waals surface area contributed by atoms with Crippen molar-refractivity contribution >= 4 is 17.5 Å². The number of carbonyl (C=O) groups is 1. The second-order valence-corrected chi connectivity index (χ2v) is 4.96.